The van der Waals surface area contributed by atoms with Gasteiger partial charge in [0.1, 0.15) is 11.4 Å². The van der Waals surface area contributed by atoms with Crippen molar-refractivity contribution in [2.24, 2.45) is 0 Å². The van der Waals surface area contributed by atoms with Gasteiger partial charge in [0.25, 0.3) is 0 Å². The number of aryl methyl sites for hydroxylation is 1. The number of pyridine rings is 1. The first-order chi connectivity index (χ1) is 19.3. The number of carbonyl (C=O) groups is 2. The molecule has 2 fully saturated rings. The second-order valence-electron chi connectivity index (χ2n) is 12.0. The zero-order chi connectivity index (χ0) is 29.2. The van der Waals surface area contributed by atoms with E-state index in [0.29, 0.717) is 29.9 Å². The van der Waals surface area contributed by atoms with Gasteiger partial charge in [-0.05, 0) is 94.3 Å². The van der Waals surface area contributed by atoms with Gasteiger partial charge in [0.15, 0.2) is 11.5 Å². The average molecular weight is 564 g/mol. The molecule has 1 aliphatic heterocycles. The van der Waals surface area contributed by atoms with E-state index in [0.717, 1.165) is 29.5 Å². The first-order valence-corrected chi connectivity index (χ1v) is 13.6. The Morgan fingerprint density at radius 1 is 0.927 bits per heavy atom. The van der Waals surface area contributed by atoms with Crippen LogP contribution in [0.15, 0.2) is 54.6 Å². The minimum absolute atomic E-state index is 0.0590. The van der Waals surface area contributed by atoms with Gasteiger partial charge in [-0.1, -0.05) is 30.3 Å². The number of anilines is 1. The first-order valence-electron chi connectivity index (χ1n) is 13.6. The van der Waals surface area contributed by atoms with Crippen molar-refractivity contribution in [3.63, 3.8) is 0 Å². The number of nitrogens with zero attached hydrogens (tertiary/aromatic N) is 1. The highest BCUT2D eigenvalue weighted by Crippen LogP contribution is 2.52. The highest BCUT2D eigenvalue weighted by Gasteiger charge is 2.53. The summed E-state index contributed by atoms with van der Waals surface area (Å²) in [4.78, 5) is 30.7. The summed E-state index contributed by atoms with van der Waals surface area (Å²) in [5, 5.41) is 5.96. The van der Waals surface area contributed by atoms with Gasteiger partial charge in [0.2, 0.25) is 5.91 Å². The van der Waals surface area contributed by atoms with Crippen LogP contribution >= 0.6 is 0 Å². The van der Waals surface area contributed by atoms with Crippen LogP contribution < -0.4 is 20.1 Å². The van der Waals surface area contributed by atoms with Gasteiger partial charge in [-0.3, -0.25) is 4.79 Å². The molecule has 2 aromatic carbocycles. The largest absolute Gasteiger partial charge is 0.586 e. The lowest BCUT2D eigenvalue weighted by Crippen LogP contribution is -2.39. The number of nitrogens with one attached hydrogen (secondary N) is 2. The van der Waals surface area contributed by atoms with Crippen LogP contribution in [0.1, 0.15) is 63.1 Å². The van der Waals surface area contributed by atoms with E-state index in [2.05, 4.69) is 20.1 Å². The molecule has 2 heterocycles. The summed E-state index contributed by atoms with van der Waals surface area (Å²) in [5.74, 6) is -0.0293. The molecule has 2 amide bonds. The maximum Gasteiger partial charge on any atom is 0.586 e. The molecule has 3 aromatic rings. The number of benzene rings is 2. The van der Waals surface area contributed by atoms with Gasteiger partial charge in [-0.2, -0.15) is 0 Å². The molecule has 2 N–H and O–H groups in total. The summed E-state index contributed by atoms with van der Waals surface area (Å²) < 4.78 is 41.5. The van der Waals surface area contributed by atoms with Crippen molar-refractivity contribution in [1.29, 1.82) is 0 Å². The van der Waals surface area contributed by atoms with E-state index in [-0.39, 0.29) is 17.4 Å². The molecule has 0 spiro atoms. The summed E-state index contributed by atoms with van der Waals surface area (Å²) in [7, 11) is 0. The van der Waals surface area contributed by atoms with Crippen LogP contribution in [0.25, 0.3) is 11.3 Å². The lowest BCUT2D eigenvalue weighted by Gasteiger charge is -2.24. The van der Waals surface area contributed by atoms with Crippen LogP contribution in [0, 0.1) is 6.92 Å². The molecule has 2 saturated carbocycles. The first kappa shape index (κ1) is 27.0. The second-order valence-corrected chi connectivity index (χ2v) is 12.0. The number of rotatable bonds is 6. The van der Waals surface area contributed by atoms with Gasteiger partial charge in [-0.25, -0.2) is 9.78 Å². The molecule has 0 radical (unpaired) electrons. The third-order valence-corrected chi connectivity index (χ3v) is 7.66. The number of halogens is 2. The molecule has 1 aromatic heterocycles. The standard InChI is InChI=1S/C31H31F2N3O5/c1-18-8-11-24(35-26(37)29(12-13-29)20-9-10-22-23(17-20)40-31(32,33)39-22)34-25(18)19-6-5-7-21(16-19)30(14-15-30)36-27(38)41-28(2,3)4/h5-11,16-17H,12-15H2,1-4H3,(H,36,38)(H,34,35,37). The number of aromatic nitrogens is 1. The maximum absolute atomic E-state index is 13.5. The van der Waals surface area contributed by atoms with Crippen molar-refractivity contribution in [3.05, 3.63) is 71.3 Å². The molecular weight excluding hydrogens is 532 g/mol. The van der Waals surface area contributed by atoms with Crippen molar-refractivity contribution >= 4 is 17.8 Å². The summed E-state index contributed by atoms with van der Waals surface area (Å²) in [6.07, 6.45) is -1.42. The van der Waals surface area contributed by atoms with E-state index in [1.165, 1.54) is 12.1 Å². The molecule has 0 unspecified atom stereocenters. The van der Waals surface area contributed by atoms with Crippen LogP contribution in [0.2, 0.25) is 0 Å². The summed E-state index contributed by atoms with van der Waals surface area (Å²) >= 11 is 0. The van der Waals surface area contributed by atoms with Crippen molar-refractivity contribution in [2.45, 2.75) is 76.2 Å². The lowest BCUT2D eigenvalue weighted by molar-refractivity contribution is -0.286. The molecule has 41 heavy (non-hydrogen) atoms. The fourth-order valence-electron chi connectivity index (χ4n) is 5.22. The minimum atomic E-state index is -3.72. The number of alkyl halides is 2. The van der Waals surface area contributed by atoms with Crippen molar-refractivity contribution < 1.29 is 32.6 Å². The van der Waals surface area contributed by atoms with Crippen molar-refractivity contribution in [2.75, 3.05) is 5.32 Å². The van der Waals surface area contributed by atoms with E-state index in [1.54, 1.807) is 12.1 Å². The van der Waals surface area contributed by atoms with Crippen LogP contribution in [0.5, 0.6) is 11.5 Å². The Balaban J connectivity index is 1.21. The Morgan fingerprint density at radius 2 is 1.66 bits per heavy atom. The molecule has 0 atom stereocenters. The van der Waals surface area contributed by atoms with Crippen molar-refractivity contribution in [1.82, 2.24) is 10.3 Å². The van der Waals surface area contributed by atoms with E-state index < -0.39 is 28.9 Å². The summed E-state index contributed by atoms with van der Waals surface area (Å²) in [6, 6.07) is 16.0. The predicted molar refractivity (Wildman–Crippen MR) is 147 cm³/mol. The third-order valence-electron chi connectivity index (χ3n) is 7.66. The van der Waals surface area contributed by atoms with E-state index in [9.17, 15) is 18.4 Å². The zero-order valence-corrected chi connectivity index (χ0v) is 23.3. The van der Waals surface area contributed by atoms with Crippen LogP contribution in [0.3, 0.4) is 0 Å². The number of ether oxygens (including phenoxy) is 3. The monoisotopic (exact) mass is 563 g/mol. The Labute approximate surface area is 236 Å². The SMILES string of the molecule is Cc1ccc(NC(=O)C2(c3ccc4c(c3)OC(F)(F)O4)CC2)nc1-c1cccc(C2(NC(=O)OC(C)(C)C)CC2)c1. The molecule has 10 heteroatoms. The van der Waals surface area contributed by atoms with E-state index in [4.69, 9.17) is 9.72 Å². The van der Waals surface area contributed by atoms with E-state index in [1.807, 2.05) is 58.0 Å². The summed E-state index contributed by atoms with van der Waals surface area (Å²) in [6.45, 7) is 7.42. The smallest absolute Gasteiger partial charge is 0.444 e. The molecule has 6 rings (SSSR count). The molecule has 0 bridgehead atoms. The number of hydrogen-bond donors (Lipinski definition) is 2. The fraction of sp³-hybridized carbons (Fsp3) is 0.387. The quantitative estimate of drug-likeness (QED) is 0.352. The molecule has 2 aliphatic carbocycles. The van der Waals surface area contributed by atoms with Gasteiger partial charge >= 0.3 is 12.4 Å². The van der Waals surface area contributed by atoms with Gasteiger partial charge in [-0.15, -0.1) is 8.78 Å². The maximum atomic E-state index is 13.5. The molecule has 0 saturated heterocycles. The molecular formula is C31H31F2N3O5. The highest BCUT2D eigenvalue weighted by molar-refractivity contribution is 6.01. The number of hydrogen-bond acceptors (Lipinski definition) is 6. The summed E-state index contributed by atoms with van der Waals surface area (Å²) in [5.41, 5.74) is 2.09. The van der Waals surface area contributed by atoms with Crippen LogP contribution in [-0.4, -0.2) is 28.9 Å². The molecule has 214 valence electrons. The van der Waals surface area contributed by atoms with Crippen LogP contribution in [-0.2, 0) is 20.5 Å². The minimum Gasteiger partial charge on any atom is -0.444 e. The average Bonchev–Trinajstić information content (AvgIpc) is 3.81. The predicted octanol–water partition coefficient (Wildman–Crippen LogP) is 6.56. The van der Waals surface area contributed by atoms with Crippen LogP contribution in [0.4, 0.5) is 19.4 Å². The topological polar surface area (TPSA) is 98.8 Å². The number of fused-ring (bicyclic) bond motifs is 1. The number of amides is 2. The number of alkyl carbamates (subject to hydrolysis) is 1. The Morgan fingerprint density at radius 3 is 2.34 bits per heavy atom. The van der Waals surface area contributed by atoms with Gasteiger partial charge < -0.3 is 24.8 Å². The Kier molecular flexibility index (Phi) is 6.02. The lowest BCUT2D eigenvalue weighted by atomic mass is 9.94. The number of carbonyl (C=O) groups excluding carboxylic acids is 2. The Bertz CT molecular complexity index is 1560. The van der Waals surface area contributed by atoms with Gasteiger partial charge in [0, 0.05) is 5.56 Å². The molecule has 3 aliphatic rings. The van der Waals surface area contributed by atoms with Crippen molar-refractivity contribution in [3.8, 4) is 22.8 Å². The van der Waals surface area contributed by atoms with E-state index >= 15 is 0 Å². The van der Waals surface area contributed by atoms with Gasteiger partial charge in [0.05, 0.1) is 16.6 Å². The Hall–Kier alpha value is -4.21. The fourth-order valence-corrected chi connectivity index (χ4v) is 5.22. The normalized spacial score (nSPS) is 18.8. The molecule has 8 nitrogen and oxygen atoms in total. The second kappa shape index (κ2) is 9.15. The highest BCUT2D eigenvalue weighted by atomic mass is 19.3. The third kappa shape index (κ3) is 5.30. The zero-order valence-electron chi connectivity index (χ0n) is 23.3.